The zero-order valence-electron chi connectivity index (χ0n) is 15.3. The number of benzene rings is 2. The minimum Gasteiger partial charge on any atom is -0.326 e. The molecule has 0 bridgehead atoms. The maximum Gasteiger partial charge on any atom is 0.240 e. The van der Waals surface area contributed by atoms with Gasteiger partial charge in [-0.2, -0.15) is 0 Å². The number of nitrogens with one attached hydrogen (secondary N) is 2. The van der Waals surface area contributed by atoms with E-state index in [2.05, 4.69) is 15.6 Å². The van der Waals surface area contributed by atoms with E-state index in [1.54, 1.807) is 12.1 Å². The quantitative estimate of drug-likeness (QED) is 0.791. The van der Waals surface area contributed by atoms with E-state index in [1.807, 2.05) is 45.0 Å². The van der Waals surface area contributed by atoms with Crippen LogP contribution in [-0.2, 0) is 9.59 Å². The Morgan fingerprint density at radius 1 is 1.22 bits per heavy atom. The Hall–Kier alpha value is -2.31. The number of hydrogen-bond donors (Lipinski definition) is 2. The van der Waals surface area contributed by atoms with Crippen LogP contribution in [0.4, 0.5) is 11.4 Å². The number of thioether (sulfide) groups is 1. The second kappa shape index (κ2) is 8.15. The molecule has 1 atom stereocenters. The maximum atomic E-state index is 12.4. The van der Waals surface area contributed by atoms with Crippen LogP contribution in [0.1, 0.15) is 23.1 Å². The first-order valence-corrected chi connectivity index (χ1v) is 9.77. The summed E-state index contributed by atoms with van der Waals surface area (Å²) in [5, 5.41) is 6.27. The number of carbonyl (C=O) groups is 2. The lowest BCUT2D eigenvalue weighted by molar-refractivity contribution is -0.122. The Balaban J connectivity index is 1.66. The summed E-state index contributed by atoms with van der Waals surface area (Å²) in [6.07, 6.45) is 0.0858. The highest BCUT2D eigenvalue weighted by Gasteiger charge is 2.32. The molecule has 1 aliphatic rings. The third-order valence-electron chi connectivity index (χ3n) is 4.41. The number of amidine groups is 1. The SMILES string of the molecule is Cc1cc(Cl)ccc1N=C1NC(=O)[C@@H](CC(=O)Nc2cccc(C)c2C)S1. The normalized spacial score (nSPS) is 17.9. The fraction of sp³-hybridized carbons (Fsp3) is 0.250. The zero-order valence-corrected chi connectivity index (χ0v) is 16.9. The van der Waals surface area contributed by atoms with Crippen molar-refractivity contribution in [2.75, 3.05) is 5.32 Å². The number of hydrogen-bond acceptors (Lipinski definition) is 4. The number of nitrogens with zero attached hydrogens (tertiary/aromatic N) is 1. The van der Waals surface area contributed by atoms with Crippen molar-refractivity contribution in [3.63, 3.8) is 0 Å². The summed E-state index contributed by atoms with van der Waals surface area (Å²) < 4.78 is 0. The summed E-state index contributed by atoms with van der Waals surface area (Å²) in [5.41, 5.74) is 4.56. The van der Waals surface area contributed by atoms with Crippen molar-refractivity contribution in [2.24, 2.45) is 4.99 Å². The second-order valence-corrected chi connectivity index (χ2v) is 8.07. The lowest BCUT2D eigenvalue weighted by Gasteiger charge is -2.11. The lowest BCUT2D eigenvalue weighted by atomic mass is 10.1. The molecule has 140 valence electrons. The minimum absolute atomic E-state index is 0.0858. The van der Waals surface area contributed by atoms with Crippen molar-refractivity contribution < 1.29 is 9.59 Å². The van der Waals surface area contributed by atoms with Gasteiger partial charge in [-0.25, -0.2) is 4.99 Å². The molecule has 0 aromatic heterocycles. The van der Waals surface area contributed by atoms with Crippen molar-refractivity contribution in [2.45, 2.75) is 32.4 Å². The van der Waals surface area contributed by atoms with Gasteiger partial charge in [0.25, 0.3) is 0 Å². The molecule has 2 aromatic rings. The molecule has 2 N–H and O–H groups in total. The largest absolute Gasteiger partial charge is 0.326 e. The highest BCUT2D eigenvalue weighted by molar-refractivity contribution is 8.15. The molecular formula is C20H20ClN3O2S. The van der Waals surface area contributed by atoms with E-state index in [0.717, 1.165) is 28.1 Å². The number of aliphatic imine (C=N–C) groups is 1. The summed E-state index contributed by atoms with van der Waals surface area (Å²) in [6.45, 7) is 5.86. The van der Waals surface area contributed by atoms with Gasteiger partial charge in [0.1, 0.15) is 5.25 Å². The molecule has 2 amide bonds. The molecule has 1 aliphatic heterocycles. The monoisotopic (exact) mass is 401 g/mol. The standard InChI is InChI=1S/C20H20ClN3O2S/c1-11-5-4-6-16(13(11)3)22-18(25)10-17-19(26)24-20(27-17)23-15-8-7-14(21)9-12(15)2/h4-9,17H,10H2,1-3H3,(H,22,25)(H,23,24,26)/t17-/m1/s1. The summed E-state index contributed by atoms with van der Waals surface area (Å²) in [5.74, 6) is -0.401. The Bertz CT molecular complexity index is 943. The van der Waals surface area contributed by atoms with Gasteiger partial charge in [-0.15, -0.1) is 0 Å². The van der Waals surface area contributed by atoms with Crippen LogP contribution < -0.4 is 10.6 Å². The van der Waals surface area contributed by atoms with Gasteiger partial charge < -0.3 is 10.6 Å². The lowest BCUT2D eigenvalue weighted by Crippen LogP contribution is -2.28. The summed E-state index contributed by atoms with van der Waals surface area (Å²) >= 11 is 7.22. The van der Waals surface area contributed by atoms with Crippen LogP contribution in [0.2, 0.25) is 5.02 Å². The smallest absolute Gasteiger partial charge is 0.240 e. The molecule has 1 fully saturated rings. The highest BCUT2D eigenvalue weighted by atomic mass is 35.5. The Labute approximate surface area is 167 Å². The van der Waals surface area contributed by atoms with Crippen LogP contribution in [0.5, 0.6) is 0 Å². The molecule has 0 spiro atoms. The first kappa shape index (κ1) is 19.5. The molecule has 1 saturated heterocycles. The van der Waals surface area contributed by atoms with E-state index in [4.69, 9.17) is 11.6 Å². The molecule has 0 radical (unpaired) electrons. The third kappa shape index (κ3) is 4.70. The number of aryl methyl sites for hydroxylation is 2. The van der Waals surface area contributed by atoms with E-state index in [1.165, 1.54) is 11.8 Å². The average Bonchev–Trinajstić information content (AvgIpc) is 2.94. The molecule has 0 unspecified atom stereocenters. The Kier molecular flexibility index (Phi) is 5.87. The number of carbonyl (C=O) groups excluding carboxylic acids is 2. The van der Waals surface area contributed by atoms with E-state index >= 15 is 0 Å². The predicted octanol–water partition coefficient (Wildman–Crippen LogP) is 4.51. The van der Waals surface area contributed by atoms with Gasteiger partial charge in [0.2, 0.25) is 11.8 Å². The van der Waals surface area contributed by atoms with Gasteiger partial charge in [0.15, 0.2) is 5.17 Å². The Morgan fingerprint density at radius 2 is 2.00 bits per heavy atom. The number of rotatable bonds is 4. The molecule has 0 aliphatic carbocycles. The summed E-state index contributed by atoms with van der Waals surface area (Å²) in [4.78, 5) is 29.1. The van der Waals surface area contributed by atoms with Gasteiger partial charge in [0.05, 0.1) is 5.69 Å². The van der Waals surface area contributed by atoms with Gasteiger partial charge in [-0.05, 0) is 61.7 Å². The van der Waals surface area contributed by atoms with E-state index in [-0.39, 0.29) is 18.2 Å². The first-order valence-electron chi connectivity index (χ1n) is 8.52. The summed E-state index contributed by atoms with van der Waals surface area (Å²) in [7, 11) is 0. The van der Waals surface area contributed by atoms with Gasteiger partial charge in [-0.1, -0.05) is 35.5 Å². The second-order valence-electron chi connectivity index (χ2n) is 6.44. The molecule has 3 rings (SSSR count). The highest BCUT2D eigenvalue weighted by Crippen LogP contribution is 2.28. The van der Waals surface area contributed by atoms with Gasteiger partial charge in [-0.3, -0.25) is 9.59 Å². The van der Waals surface area contributed by atoms with Crippen molar-refractivity contribution in [3.05, 3.63) is 58.1 Å². The molecule has 2 aromatic carbocycles. The van der Waals surface area contributed by atoms with Gasteiger partial charge >= 0.3 is 0 Å². The number of anilines is 1. The number of halogens is 1. The van der Waals surface area contributed by atoms with Crippen LogP contribution in [0.3, 0.4) is 0 Å². The molecule has 7 heteroatoms. The predicted molar refractivity (Wildman–Crippen MR) is 112 cm³/mol. The number of amides is 2. The molecule has 0 saturated carbocycles. The van der Waals surface area contributed by atoms with Crippen molar-refractivity contribution >= 4 is 51.7 Å². The van der Waals surface area contributed by atoms with Crippen molar-refractivity contribution in [3.8, 4) is 0 Å². The molecule has 27 heavy (non-hydrogen) atoms. The van der Waals surface area contributed by atoms with Crippen molar-refractivity contribution in [1.29, 1.82) is 0 Å². The van der Waals surface area contributed by atoms with Crippen LogP contribution in [0.15, 0.2) is 41.4 Å². The minimum atomic E-state index is -0.499. The van der Waals surface area contributed by atoms with Crippen LogP contribution in [0.25, 0.3) is 0 Å². The van der Waals surface area contributed by atoms with E-state index in [9.17, 15) is 9.59 Å². The van der Waals surface area contributed by atoms with Crippen molar-refractivity contribution in [1.82, 2.24) is 5.32 Å². The topological polar surface area (TPSA) is 70.6 Å². The first-order chi connectivity index (χ1) is 12.8. The van der Waals surface area contributed by atoms with Crippen LogP contribution in [-0.4, -0.2) is 22.2 Å². The molecule has 5 nitrogen and oxygen atoms in total. The molecular weight excluding hydrogens is 382 g/mol. The van der Waals surface area contributed by atoms with E-state index < -0.39 is 5.25 Å². The van der Waals surface area contributed by atoms with Gasteiger partial charge in [0, 0.05) is 17.1 Å². The maximum absolute atomic E-state index is 12.4. The van der Waals surface area contributed by atoms with E-state index in [0.29, 0.717) is 10.2 Å². The third-order valence-corrected chi connectivity index (χ3v) is 5.72. The fourth-order valence-corrected chi connectivity index (χ4v) is 3.91. The zero-order chi connectivity index (χ0) is 19.6. The summed E-state index contributed by atoms with van der Waals surface area (Å²) in [6, 6.07) is 11.1. The van der Waals surface area contributed by atoms with Crippen LogP contribution >= 0.6 is 23.4 Å². The fourth-order valence-electron chi connectivity index (χ4n) is 2.70. The average molecular weight is 402 g/mol. The van der Waals surface area contributed by atoms with Crippen LogP contribution in [0, 0.1) is 20.8 Å². The molecule has 1 heterocycles. The Morgan fingerprint density at radius 3 is 2.74 bits per heavy atom.